The number of carbonyl (C=O) groups excluding carboxylic acids is 2. The molecule has 4 bridgehead atoms. The number of sulfonamides is 1. The number of Topliss-reactive ketones (excluding diaryl/α,β-unsaturated/α-hetero) is 1. The molecule has 5 aliphatic carbocycles. The summed E-state index contributed by atoms with van der Waals surface area (Å²) in [7, 11) is -2.90. The van der Waals surface area contributed by atoms with Crippen molar-refractivity contribution in [3.05, 3.63) is 34.4 Å². The Morgan fingerprint density at radius 2 is 1.76 bits per heavy atom. The van der Waals surface area contributed by atoms with E-state index in [1.807, 2.05) is 0 Å². The monoisotopic (exact) mass is 489 g/mol. The summed E-state index contributed by atoms with van der Waals surface area (Å²) in [6.45, 7) is 0. The van der Waals surface area contributed by atoms with Crippen LogP contribution in [-0.2, 0) is 19.6 Å². The summed E-state index contributed by atoms with van der Waals surface area (Å²) in [6.07, 6.45) is 6.75. The summed E-state index contributed by atoms with van der Waals surface area (Å²) in [5.41, 5.74) is 3.29. The molecule has 2 atom stereocenters. The first-order valence-electron chi connectivity index (χ1n) is 12.0. The highest BCUT2D eigenvalue weighted by atomic mass is 32.2. The summed E-state index contributed by atoms with van der Waals surface area (Å²) < 4.78 is 28.1. The molecule has 0 saturated heterocycles. The molecule has 9 nitrogen and oxygen atoms in total. The van der Waals surface area contributed by atoms with Gasteiger partial charge in [0.25, 0.3) is 15.7 Å². The van der Waals surface area contributed by atoms with Crippen molar-refractivity contribution in [2.24, 2.45) is 28.4 Å². The summed E-state index contributed by atoms with van der Waals surface area (Å²) >= 11 is 0. The van der Waals surface area contributed by atoms with Crippen LogP contribution in [0.2, 0.25) is 0 Å². The molecule has 6 rings (SSSR count). The SMILES string of the molecule is CN(C1(C(=O)CC23CC4CC(C2)CC(C(N)=O)(C4)C3)CCC1)S(=O)(=O)c1ccccc1[N+](=O)[O-]. The van der Waals surface area contributed by atoms with E-state index in [0.29, 0.717) is 37.5 Å². The second-order valence-electron chi connectivity index (χ2n) is 11.3. The van der Waals surface area contributed by atoms with Crippen molar-refractivity contribution in [3.63, 3.8) is 0 Å². The Labute approximate surface area is 199 Å². The van der Waals surface area contributed by atoms with E-state index in [2.05, 4.69) is 0 Å². The molecule has 34 heavy (non-hydrogen) atoms. The van der Waals surface area contributed by atoms with Gasteiger partial charge >= 0.3 is 0 Å². The number of primary amides is 1. The molecule has 10 heteroatoms. The summed E-state index contributed by atoms with van der Waals surface area (Å²) in [5.74, 6) is 0.359. The first-order chi connectivity index (χ1) is 15.9. The van der Waals surface area contributed by atoms with E-state index >= 15 is 0 Å². The van der Waals surface area contributed by atoms with E-state index in [1.54, 1.807) is 0 Å². The number of nitro groups is 1. The van der Waals surface area contributed by atoms with Gasteiger partial charge in [0, 0.05) is 19.5 Å². The zero-order valence-corrected chi connectivity index (χ0v) is 20.2. The van der Waals surface area contributed by atoms with E-state index in [-0.39, 0.29) is 23.5 Å². The number of amides is 1. The number of likely N-dealkylation sites (N-methyl/N-ethyl adjacent to an activating group) is 1. The molecule has 1 aromatic carbocycles. The van der Waals surface area contributed by atoms with Gasteiger partial charge < -0.3 is 5.73 Å². The lowest BCUT2D eigenvalue weighted by Gasteiger charge is -2.61. The van der Waals surface area contributed by atoms with E-state index in [1.165, 1.54) is 25.2 Å². The van der Waals surface area contributed by atoms with Gasteiger partial charge in [-0.3, -0.25) is 19.7 Å². The predicted octanol–water partition coefficient (Wildman–Crippen LogP) is 3.17. The molecule has 0 aromatic heterocycles. The lowest BCUT2D eigenvalue weighted by molar-refractivity contribution is -0.387. The first-order valence-corrected chi connectivity index (χ1v) is 13.4. The molecular weight excluding hydrogens is 458 g/mol. The minimum absolute atomic E-state index is 0.134. The molecule has 0 heterocycles. The number of rotatable bonds is 8. The van der Waals surface area contributed by atoms with E-state index in [9.17, 15) is 28.1 Å². The maximum absolute atomic E-state index is 13.9. The lowest BCUT2D eigenvalue weighted by atomic mass is 9.43. The molecule has 2 N–H and O–H groups in total. The Morgan fingerprint density at radius 1 is 1.15 bits per heavy atom. The van der Waals surface area contributed by atoms with Crippen LogP contribution in [0.3, 0.4) is 0 Å². The molecule has 1 amide bonds. The Hall–Kier alpha value is -2.33. The van der Waals surface area contributed by atoms with Gasteiger partial charge in [0.1, 0.15) is 0 Å². The third-order valence-corrected chi connectivity index (χ3v) is 11.2. The van der Waals surface area contributed by atoms with Crippen molar-refractivity contribution in [1.82, 2.24) is 4.31 Å². The summed E-state index contributed by atoms with van der Waals surface area (Å²) in [6, 6.07) is 5.25. The van der Waals surface area contributed by atoms with Gasteiger partial charge in [-0.15, -0.1) is 0 Å². The van der Waals surface area contributed by atoms with Crippen molar-refractivity contribution in [1.29, 1.82) is 0 Å². The largest absolute Gasteiger partial charge is 0.369 e. The van der Waals surface area contributed by atoms with Crippen molar-refractivity contribution < 1.29 is 22.9 Å². The molecule has 1 aromatic rings. The Bertz CT molecular complexity index is 1160. The quantitative estimate of drug-likeness (QED) is 0.439. The number of nitro benzene ring substituents is 1. The van der Waals surface area contributed by atoms with Gasteiger partial charge in [0.05, 0.1) is 15.9 Å². The van der Waals surface area contributed by atoms with Crippen LogP contribution in [0.4, 0.5) is 5.69 Å². The smallest absolute Gasteiger partial charge is 0.289 e. The van der Waals surface area contributed by atoms with Crippen molar-refractivity contribution in [3.8, 4) is 0 Å². The Balaban J connectivity index is 1.45. The molecule has 0 radical (unpaired) electrons. The fraction of sp³-hybridized carbons (Fsp3) is 0.667. The topological polar surface area (TPSA) is 141 Å². The highest BCUT2D eigenvalue weighted by molar-refractivity contribution is 7.89. The standard InChI is InChI=1S/C24H31N3O6S/c1-26(34(32,33)19-6-3-2-5-18(19)27(30)31)24(7-4-8-24)20(28)14-22-10-16-9-17(11-22)13-23(12-16,15-22)21(25)29/h2-3,5-6,16-17H,4,7-15H2,1H3,(H2,25,29). The van der Waals surface area contributed by atoms with E-state index in [0.717, 1.165) is 42.5 Å². The summed E-state index contributed by atoms with van der Waals surface area (Å²) in [4.78, 5) is 36.7. The average molecular weight is 490 g/mol. The third kappa shape index (κ3) is 3.32. The molecule has 5 fully saturated rings. The maximum Gasteiger partial charge on any atom is 0.289 e. The van der Waals surface area contributed by atoms with Crippen LogP contribution in [0.15, 0.2) is 29.2 Å². The van der Waals surface area contributed by atoms with Gasteiger partial charge in [-0.2, -0.15) is 4.31 Å². The average Bonchev–Trinajstić information content (AvgIpc) is 2.71. The number of para-hydroxylation sites is 1. The van der Waals surface area contributed by atoms with Gasteiger partial charge in [-0.05, 0) is 81.1 Å². The van der Waals surface area contributed by atoms with Crippen LogP contribution in [0.1, 0.15) is 64.2 Å². The molecular formula is C24H31N3O6S. The van der Waals surface area contributed by atoms with Crippen LogP contribution in [-0.4, -0.2) is 41.9 Å². The predicted molar refractivity (Wildman–Crippen MR) is 123 cm³/mol. The Kier molecular flexibility index (Phi) is 5.22. The van der Waals surface area contributed by atoms with Crippen molar-refractivity contribution >= 4 is 27.4 Å². The molecule has 0 spiro atoms. The number of hydrogen-bond acceptors (Lipinski definition) is 6. The van der Waals surface area contributed by atoms with Gasteiger partial charge in [0.2, 0.25) is 5.91 Å². The fourth-order valence-electron chi connectivity index (χ4n) is 7.94. The van der Waals surface area contributed by atoms with Crippen molar-refractivity contribution in [2.75, 3.05) is 7.05 Å². The van der Waals surface area contributed by atoms with E-state index in [4.69, 9.17) is 5.73 Å². The zero-order chi connectivity index (χ0) is 24.5. The number of benzene rings is 1. The molecule has 0 aliphatic heterocycles. The van der Waals surface area contributed by atoms with Crippen LogP contribution >= 0.6 is 0 Å². The van der Waals surface area contributed by atoms with Crippen LogP contribution in [0, 0.1) is 32.8 Å². The van der Waals surface area contributed by atoms with Gasteiger partial charge in [-0.25, -0.2) is 8.42 Å². The lowest BCUT2D eigenvalue weighted by Crippen LogP contribution is -2.62. The Morgan fingerprint density at radius 3 is 2.29 bits per heavy atom. The second kappa shape index (κ2) is 7.58. The minimum atomic E-state index is -4.27. The minimum Gasteiger partial charge on any atom is -0.369 e. The number of hydrogen-bond donors (Lipinski definition) is 1. The normalized spacial score (nSPS) is 33.5. The molecule has 184 valence electrons. The van der Waals surface area contributed by atoms with Gasteiger partial charge in [0.15, 0.2) is 10.7 Å². The first kappa shape index (κ1) is 23.4. The summed E-state index contributed by atoms with van der Waals surface area (Å²) in [5, 5.41) is 11.5. The molecule has 2 unspecified atom stereocenters. The van der Waals surface area contributed by atoms with Gasteiger partial charge in [-0.1, -0.05) is 12.1 Å². The number of nitrogens with zero attached hydrogens (tertiary/aromatic N) is 2. The number of nitrogens with two attached hydrogens (primary N) is 1. The number of ketones is 1. The second-order valence-corrected chi connectivity index (χ2v) is 13.2. The third-order valence-electron chi connectivity index (χ3n) is 9.24. The van der Waals surface area contributed by atoms with Crippen LogP contribution in [0.5, 0.6) is 0 Å². The highest BCUT2D eigenvalue weighted by Crippen LogP contribution is 2.66. The highest BCUT2D eigenvalue weighted by Gasteiger charge is 2.62. The number of carbonyl (C=O) groups is 2. The fourth-order valence-corrected chi connectivity index (χ4v) is 9.63. The maximum atomic E-state index is 13.9. The molecule has 5 aliphatic rings. The molecule has 5 saturated carbocycles. The van der Waals surface area contributed by atoms with Crippen molar-refractivity contribution in [2.45, 2.75) is 74.6 Å². The zero-order valence-electron chi connectivity index (χ0n) is 19.4. The van der Waals surface area contributed by atoms with Crippen LogP contribution in [0.25, 0.3) is 0 Å². The van der Waals surface area contributed by atoms with Crippen LogP contribution < -0.4 is 5.73 Å². The van der Waals surface area contributed by atoms with E-state index < -0.39 is 36.5 Å².